The Balaban J connectivity index is 3.58. The average Bonchev–Trinajstić information content (AvgIpc) is 1.87. The van der Waals surface area contributed by atoms with Crippen molar-refractivity contribution in [2.45, 2.75) is 45.0 Å². The molecule has 0 aromatic heterocycles. The number of hydrogen-bond acceptors (Lipinski definition) is 3. The molecule has 0 saturated heterocycles. The van der Waals surface area contributed by atoms with E-state index in [1.807, 2.05) is 6.92 Å². The lowest BCUT2D eigenvalue weighted by atomic mass is 10.1. The summed E-state index contributed by atoms with van der Waals surface area (Å²) in [6.45, 7) is 3.38. The number of aliphatic hydroxyl groups is 3. The summed E-state index contributed by atoms with van der Waals surface area (Å²) in [6, 6.07) is 0. The van der Waals surface area contributed by atoms with Gasteiger partial charge in [0.05, 0.1) is 12.2 Å². The number of rotatable bonds is 4. The third-order valence-electron chi connectivity index (χ3n) is 1.47. The van der Waals surface area contributed by atoms with Gasteiger partial charge < -0.3 is 15.3 Å². The summed E-state index contributed by atoms with van der Waals surface area (Å²) in [6.07, 6.45) is -1.29. The second-order valence-electron chi connectivity index (χ2n) is 2.59. The molecule has 0 aliphatic heterocycles. The average molecular weight is 148 g/mol. The van der Waals surface area contributed by atoms with Crippen LogP contribution < -0.4 is 0 Å². The van der Waals surface area contributed by atoms with Crippen LogP contribution in [-0.2, 0) is 0 Å². The van der Waals surface area contributed by atoms with Crippen LogP contribution >= 0.6 is 0 Å². The molecule has 0 aromatic carbocycles. The van der Waals surface area contributed by atoms with Crippen molar-refractivity contribution in [3.05, 3.63) is 0 Å². The fourth-order valence-electron chi connectivity index (χ4n) is 0.788. The highest BCUT2D eigenvalue weighted by Gasteiger charge is 2.19. The van der Waals surface area contributed by atoms with Crippen molar-refractivity contribution in [2.75, 3.05) is 0 Å². The van der Waals surface area contributed by atoms with E-state index in [2.05, 4.69) is 0 Å². The molecule has 0 aliphatic carbocycles. The SMILES string of the molecule is CCCC(O)C(O)C(C)O. The summed E-state index contributed by atoms with van der Waals surface area (Å²) >= 11 is 0. The summed E-state index contributed by atoms with van der Waals surface area (Å²) in [5.74, 6) is 0. The Kier molecular flexibility index (Phi) is 4.60. The highest BCUT2D eigenvalue weighted by Crippen LogP contribution is 2.05. The van der Waals surface area contributed by atoms with Crippen molar-refractivity contribution in [2.24, 2.45) is 0 Å². The first kappa shape index (κ1) is 9.88. The maximum absolute atomic E-state index is 9.08. The molecule has 0 saturated carbocycles. The van der Waals surface area contributed by atoms with Crippen molar-refractivity contribution < 1.29 is 15.3 Å². The Bertz CT molecular complexity index is 82.9. The van der Waals surface area contributed by atoms with Gasteiger partial charge in [-0.2, -0.15) is 0 Å². The van der Waals surface area contributed by atoms with Crippen molar-refractivity contribution >= 4 is 0 Å². The number of aliphatic hydroxyl groups excluding tert-OH is 3. The van der Waals surface area contributed by atoms with Gasteiger partial charge in [0.15, 0.2) is 0 Å². The van der Waals surface area contributed by atoms with Crippen molar-refractivity contribution in [3.8, 4) is 0 Å². The Morgan fingerprint density at radius 2 is 1.70 bits per heavy atom. The largest absolute Gasteiger partial charge is 0.391 e. The fourth-order valence-corrected chi connectivity index (χ4v) is 0.788. The molecule has 0 amide bonds. The van der Waals surface area contributed by atoms with Gasteiger partial charge in [-0.05, 0) is 13.3 Å². The molecule has 3 nitrogen and oxygen atoms in total. The van der Waals surface area contributed by atoms with Crippen LogP contribution in [-0.4, -0.2) is 33.6 Å². The van der Waals surface area contributed by atoms with Crippen LogP contribution in [0.3, 0.4) is 0 Å². The highest BCUT2D eigenvalue weighted by atomic mass is 16.4. The maximum Gasteiger partial charge on any atom is 0.105 e. The third kappa shape index (κ3) is 3.15. The lowest BCUT2D eigenvalue weighted by Crippen LogP contribution is -2.35. The first-order valence-corrected chi connectivity index (χ1v) is 3.63. The minimum atomic E-state index is -1.00. The monoisotopic (exact) mass is 148 g/mol. The molecular weight excluding hydrogens is 132 g/mol. The topological polar surface area (TPSA) is 60.7 Å². The van der Waals surface area contributed by atoms with Crippen LogP contribution in [0.1, 0.15) is 26.7 Å². The standard InChI is InChI=1S/C7H16O3/c1-3-4-6(9)7(10)5(2)8/h5-10H,3-4H2,1-2H3. The van der Waals surface area contributed by atoms with E-state index < -0.39 is 18.3 Å². The molecule has 3 unspecified atom stereocenters. The van der Waals surface area contributed by atoms with Crippen LogP contribution in [0.4, 0.5) is 0 Å². The van der Waals surface area contributed by atoms with Gasteiger partial charge >= 0.3 is 0 Å². The Morgan fingerprint density at radius 3 is 2.00 bits per heavy atom. The molecule has 3 heteroatoms. The first-order chi connectivity index (χ1) is 4.59. The van der Waals surface area contributed by atoms with E-state index >= 15 is 0 Å². The Hall–Kier alpha value is -0.120. The van der Waals surface area contributed by atoms with Gasteiger partial charge in [0.25, 0.3) is 0 Å². The molecule has 62 valence electrons. The molecule has 0 spiro atoms. The molecule has 10 heavy (non-hydrogen) atoms. The van der Waals surface area contributed by atoms with Crippen LogP contribution in [0.25, 0.3) is 0 Å². The molecule has 3 N–H and O–H groups in total. The molecule has 0 aromatic rings. The smallest absolute Gasteiger partial charge is 0.105 e. The van der Waals surface area contributed by atoms with E-state index in [0.717, 1.165) is 6.42 Å². The number of hydrogen-bond donors (Lipinski definition) is 3. The summed E-state index contributed by atoms with van der Waals surface area (Å²) < 4.78 is 0. The van der Waals surface area contributed by atoms with Crippen LogP contribution in [0.2, 0.25) is 0 Å². The zero-order chi connectivity index (χ0) is 8.15. The first-order valence-electron chi connectivity index (χ1n) is 3.63. The third-order valence-corrected chi connectivity index (χ3v) is 1.47. The Labute approximate surface area is 61.3 Å². The quantitative estimate of drug-likeness (QED) is 0.521. The second-order valence-corrected chi connectivity index (χ2v) is 2.59. The Morgan fingerprint density at radius 1 is 1.20 bits per heavy atom. The van der Waals surface area contributed by atoms with Crippen LogP contribution in [0, 0.1) is 0 Å². The predicted molar refractivity (Wildman–Crippen MR) is 38.6 cm³/mol. The van der Waals surface area contributed by atoms with Crippen molar-refractivity contribution in [1.82, 2.24) is 0 Å². The summed E-state index contributed by atoms with van der Waals surface area (Å²) in [5, 5.41) is 26.9. The van der Waals surface area contributed by atoms with E-state index in [0.29, 0.717) is 6.42 Å². The van der Waals surface area contributed by atoms with E-state index in [1.54, 1.807) is 0 Å². The molecule has 0 rings (SSSR count). The van der Waals surface area contributed by atoms with Gasteiger partial charge in [0, 0.05) is 0 Å². The minimum absolute atomic E-state index is 0.534. The van der Waals surface area contributed by atoms with Gasteiger partial charge in [-0.15, -0.1) is 0 Å². The van der Waals surface area contributed by atoms with Gasteiger partial charge in [-0.3, -0.25) is 0 Å². The summed E-state index contributed by atoms with van der Waals surface area (Å²) in [5.41, 5.74) is 0. The minimum Gasteiger partial charge on any atom is -0.391 e. The predicted octanol–water partition coefficient (Wildman–Crippen LogP) is -0.111. The fraction of sp³-hybridized carbons (Fsp3) is 1.00. The molecule has 0 heterocycles. The molecule has 3 atom stereocenters. The lowest BCUT2D eigenvalue weighted by Gasteiger charge is -2.19. The zero-order valence-corrected chi connectivity index (χ0v) is 6.49. The summed E-state index contributed by atoms with van der Waals surface area (Å²) in [7, 11) is 0. The van der Waals surface area contributed by atoms with Gasteiger partial charge in [-0.25, -0.2) is 0 Å². The van der Waals surface area contributed by atoms with Gasteiger partial charge in [-0.1, -0.05) is 13.3 Å². The zero-order valence-electron chi connectivity index (χ0n) is 6.49. The summed E-state index contributed by atoms with van der Waals surface area (Å²) in [4.78, 5) is 0. The van der Waals surface area contributed by atoms with Crippen LogP contribution in [0.15, 0.2) is 0 Å². The maximum atomic E-state index is 9.08. The van der Waals surface area contributed by atoms with E-state index in [9.17, 15) is 0 Å². The highest BCUT2D eigenvalue weighted by molar-refractivity contribution is 4.70. The normalized spacial score (nSPS) is 20.1. The van der Waals surface area contributed by atoms with E-state index in [1.165, 1.54) is 6.92 Å². The van der Waals surface area contributed by atoms with Crippen LogP contribution in [0.5, 0.6) is 0 Å². The van der Waals surface area contributed by atoms with E-state index in [-0.39, 0.29) is 0 Å². The van der Waals surface area contributed by atoms with Crippen molar-refractivity contribution in [3.63, 3.8) is 0 Å². The van der Waals surface area contributed by atoms with Gasteiger partial charge in [0.2, 0.25) is 0 Å². The second kappa shape index (κ2) is 4.66. The van der Waals surface area contributed by atoms with E-state index in [4.69, 9.17) is 15.3 Å². The molecule has 0 bridgehead atoms. The molecule has 0 fully saturated rings. The molecular formula is C7H16O3. The molecule has 0 aliphatic rings. The lowest BCUT2D eigenvalue weighted by molar-refractivity contribution is -0.0544. The van der Waals surface area contributed by atoms with Crippen molar-refractivity contribution in [1.29, 1.82) is 0 Å². The van der Waals surface area contributed by atoms with Gasteiger partial charge in [0.1, 0.15) is 6.10 Å². The molecule has 0 radical (unpaired) electrons.